The minimum Gasteiger partial charge on any atom is -0.383 e. The molecule has 0 amide bonds. The first kappa shape index (κ1) is 26.6. The maximum atomic E-state index is 12.7. The van der Waals surface area contributed by atoms with Crippen molar-refractivity contribution in [1.82, 2.24) is 4.37 Å². The molecule has 1 aliphatic rings. The minimum atomic E-state index is -0.303. The van der Waals surface area contributed by atoms with Gasteiger partial charge in [0.15, 0.2) is 0 Å². The first-order valence-electron chi connectivity index (χ1n) is 10.1. The van der Waals surface area contributed by atoms with E-state index in [0.29, 0.717) is 22.5 Å². The number of hydrogen-bond donors (Lipinski definition) is 3. The number of rotatable bonds is 6. The molecule has 0 spiro atoms. The largest absolute Gasteiger partial charge is 0.383 e. The van der Waals surface area contributed by atoms with Crippen molar-refractivity contribution in [1.29, 1.82) is 0 Å². The molecule has 4 N–H and O–H groups in total. The average Bonchev–Trinajstić information content (AvgIpc) is 3.36. The Hall–Kier alpha value is -3.46. The van der Waals surface area contributed by atoms with Crippen molar-refractivity contribution in [2.45, 2.75) is 20.3 Å². The lowest BCUT2D eigenvalue weighted by Gasteiger charge is -2.10. The first-order valence-corrected chi connectivity index (χ1v) is 10.9. The Morgan fingerprint density at radius 3 is 2.72 bits per heavy atom. The highest BCUT2D eigenvalue weighted by Gasteiger charge is 2.15. The number of halogens is 1. The standard InChI is InChI=1S/C12H14N4O2S.C9H10FN.C2H6/c1-3-8(6-4-5-7-17)15-12-9(10(13)14-2)11(18)16-19-12;1-11-5-4-7-6-8(10)2-3-9(7)11;1-2/h3-7,15H,1H2,2H3,(H2,13,14)(H,16,18);2-3,6H,4-5H2,1H3;1-2H3/b5-4+,8-6+;;. The van der Waals surface area contributed by atoms with Crippen molar-refractivity contribution in [3.8, 4) is 0 Å². The Kier molecular flexibility index (Phi) is 11.4. The number of aldehydes is 1. The SMILES string of the molecule is C=C/C(=C\C=C\C=O)Nc1s[nH]c(=O)c1C(N)=NC.CC.CN1CCc2cc(F)ccc21. The van der Waals surface area contributed by atoms with Crippen LogP contribution in [-0.4, -0.2) is 37.1 Å². The quantitative estimate of drug-likeness (QED) is 0.200. The fourth-order valence-electron chi connectivity index (χ4n) is 2.77. The van der Waals surface area contributed by atoms with Crippen LogP contribution in [-0.2, 0) is 11.2 Å². The van der Waals surface area contributed by atoms with Crippen LogP contribution in [0.1, 0.15) is 25.0 Å². The predicted molar refractivity (Wildman–Crippen MR) is 133 cm³/mol. The first-order chi connectivity index (χ1) is 15.4. The van der Waals surface area contributed by atoms with Gasteiger partial charge in [-0.1, -0.05) is 26.5 Å². The summed E-state index contributed by atoms with van der Waals surface area (Å²) < 4.78 is 15.2. The molecule has 32 heavy (non-hydrogen) atoms. The number of carbonyl (C=O) groups excluding carboxylic acids is 1. The molecule has 1 aromatic heterocycles. The molecule has 3 rings (SSSR count). The molecule has 0 saturated heterocycles. The molecule has 9 heteroatoms. The number of nitrogens with one attached hydrogen (secondary N) is 2. The van der Waals surface area contributed by atoms with Crippen LogP contribution in [0.3, 0.4) is 0 Å². The topological polar surface area (TPSA) is 104 Å². The third kappa shape index (κ3) is 7.35. The third-order valence-corrected chi connectivity index (χ3v) is 5.11. The molecule has 2 heterocycles. The zero-order valence-corrected chi connectivity index (χ0v) is 19.6. The van der Waals surface area contributed by atoms with E-state index in [1.807, 2.05) is 27.0 Å². The van der Waals surface area contributed by atoms with E-state index in [2.05, 4.69) is 26.2 Å². The lowest BCUT2D eigenvalue weighted by Crippen LogP contribution is -2.22. The number of amidine groups is 1. The van der Waals surface area contributed by atoms with Crippen LogP contribution in [0, 0.1) is 5.82 Å². The maximum absolute atomic E-state index is 12.7. The van der Waals surface area contributed by atoms with Crippen molar-refractivity contribution >= 4 is 34.3 Å². The van der Waals surface area contributed by atoms with E-state index in [-0.39, 0.29) is 17.2 Å². The predicted octanol–water partition coefficient (Wildman–Crippen LogP) is 3.85. The lowest BCUT2D eigenvalue weighted by molar-refractivity contribution is -0.104. The number of fused-ring (bicyclic) bond motifs is 1. The molecule has 0 radical (unpaired) electrons. The van der Waals surface area contributed by atoms with Gasteiger partial charge in [0.2, 0.25) is 0 Å². The smallest absolute Gasteiger partial charge is 0.271 e. The van der Waals surface area contributed by atoms with Gasteiger partial charge in [-0.3, -0.25) is 19.0 Å². The number of benzene rings is 1. The molecular weight excluding hydrogens is 429 g/mol. The van der Waals surface area contributed by atoms with Gasteiger partial charge in [-0.15, -0.1) is 0 Å². The van der Waals surface area contributed by atoms with E-state index in [4.69, 9.17) is 5.73 Å². The van der Waals surface area contributed by atoms with Gasteiger partial charge in [-0.25, -0.2) is 4.39 Å². The van der Waals surface area contributed by atoms with Crippen molar-refractivity contribution in [3.05, 3.63) is 82.1 Å². The van der Waals surface area contributed by atoms with Crippen LogP contribution in [0.15, 0.2) is 64.6 Å². The summed E-state index contributed by atoms with van der Waals surface area (Å²) in [7, 11) is 3.54. The van der Waals surface area contributed by atoms with E-state index >= 15 is 0 Å². The maximum Gasteiger partial charge on any atom is 0.271 e. The Balaban J connectivity index is 0.000000331. The van der Waals surface area contributed by atoms with Gasteiger partial charge in [0.25, 0.3) is 5.56 Å². The lowest BCUT2D eigenvalue weighted by atomic mass is 10.2. The molecule has 0 atom stereocenters. The molecule has 172 valence electrons. The number of aromatic amines is 1. The number of aromatic nitrogens is 1. The number of aliphatic imine (C=N–C) groups is 1. The van der Waals surface area contributed by atoms with E-state index in [0.717, 1.165) is 30.1 Å². The van der Waals surface area contributed by atoms with E-state index < -0.39 is 0 Å². The van der Waals surface area contributed by atoms with E-state index in [1.54, 1.807) is 24.3 Å². The van der Waals surface area contributed by atoms with Crippen molar-refractivity contribution in [2.75, 3.05) is 30.9 Å². The molecule has 7 nitrogen and oxygen atoms in total. The van der Waals surface area contributed by atoms with Crippen LogP contribution in [0.2, 0.25) is 0 Å². The number of hydrogen-bond acceptors (Lipinski definition) is 6. The number of nitrogens with zero attached hydrogens (tertiary/aromatic N) is 2. The second-order valence-electron chi connectivity index (χ2n) is 6.26. The van der Waals surface area contributed by atoms with Gasteiger partial charge in [-0.2, -0.15) is 0 Å². The Bertz CT molecular complexity index is 1050. The van der Waals surface area contributed by atoms with Gasteiger partial charge in [0.1, 0.15) is 28.5 Å². The molecule has 0 aliphatic carbocycles. The Labute approximate surface area is 192 Å². The summed E-state index contributed by atoms with van der Waals surface area (Å²) in [5.41, 5.74) is 8.59. The molecule has 0 fully saturated rings. The number of likely N-dealkylation sites (N-methyl/N-ethyl adjacent to an activating group) is 1. The summed E-state index contributed by atoms with van der Waals surface area (Å²) in [6, 6.07) is 4.98. The summed E-state index contributed by atoms with van der Waals surface area (Å²) in [5, 5.41) is 3.54. The molecule has 1 aromatic carbocycles. The number of allylic oxidation sites excluding steroid dienone is 4. The summed E-state index contributed by atoms with van der Waals surface area (Å²) in [6.07, 6.45) is 7.75. The second kappa shape index (κ2) is 13.8. The van der Waals surface area contributed by atoms with Gasteiger partial charge in [0.05, 0.1) is 0 Å². The highest BCUT2D eigenvalue weighted by atomic mass is 32.1. The second-order valence-corrected chi connectivity index (χ2v) is 7.08. The van der Waals surface area contributed by atoms with Gasteiger partial charge in [0, 0.05) is 32.0 Å². The number of anilines is 2. The molecule has 1 aliphatic heterocycles. The van der Waals surface area contributed by atoms with Crippen LogP contribution in [0.5, 0.6) is 0 Å². The molecular formula is C23H30FN5O2S. The van der Waals surface area contributed by atoms with Gasteiger partial charge >= 0.3 is 0 Å². The number of H-pyrrole nitrogens is 1. The monoisotopic (exact) mass is 459 g/mol. The zero-order valence-electron chi connectivity index (χ0n) is 18.8. The summed E-state index contributed by atoms with van der Waals surface area (Å²) >= 11 is 1.11. The third-order valence-electron chi connectivity index (χ3n) is 4.31. The van der Waals surface area contributed by atoms with Gasteiger partial charge < -0.3 is 16.0 Å². The summed E-state index contributed by atoms with van der Waals surface area (Å²) in [4.78, 5) is 27.7. The van der Waals surface area contributed by atoms with E-state index in [1.165, 1.54) is 24.9 Å². The minimum absolute atomic E-state index is 0.126. The average molecular weight is 460 g/mol. The highest BCUT2D eigenvalue weighted by Crippen LogP contribution is 2.26. The van der Waals surface area contributed by atoms with E-state index in [9.17, 15) is 14.0 Å². The molecule has 0 unspecified atom stereocenters. The summed E-state index contributed by atoms with van der Waals surface area (Å²) in [5.74, 6) is 0.0240. The number of carbonyl (C=O) groups is 1. The van der Waals surface area contributed by atoms with Crippen LogP contribution >= 0.6 is 11.5 Å². The Morgan fingerprint density at radius 2 is 2.09 bits per heavy atom. The molecule has 0 saturated carbocycles. The normalized spacial score (nSPS) is 13.0. The van der Waals surface area contributed by atoms with Crippen molar-refractivity contribution < 1.29 is 9.18 Å². The number of nitrogens with two attached hydrogens (primary N) is 1. The molecule has 0 bridgehead atoms. The van der Waals surface area contributed by atoms with Crippen LogP contribution in [0.4, 0.5) is 15.1 Å². The fourth-order valence-corrected chi connectivity index (χ4v) is 3.53. The Morgan fingerprint density at radius 1 is 1.38 bits per heavy atom. The van der Waals surface area contributed by atoms with Gasteiger partial charge in [-0.05, 0) is 59.9 Å². The van der Waals surface area contributed by atoms with Crippen LogP contribution < -0.4 is 21.5 Å². The fraction of sp³-hybridized carbons (Fsp3) is 0.261. The molecule has 2 aromatic rings. The van der Waals surface area contributed by atoms with Crippen molar-refractivity contribution in [2.24, 2.45) is 10.7 Å². The zero-order chi connectivity index (χ0) is 24.1. The van der Waals surface area contributed by atoms with Crippen LogP contribution in [0.25, 0.3) is 0 Å². The highest BCUT2D eigenvalue weighted by molar-refractivity contribution is 7.10. The van der Waals surface area contributed by atoms with Crippen molar-refractivity contribution in [3.63, 3.8) is 0 Å². The summed E-state index contributed by atoms with van der Waals surface area (Å²) in [6.45, 7) is 8.65.